The van der Waals surface area contributed by atoms with Gasteiger partial charge in [0, 0.05) is 51.4 Å². The molecule has 1 aromatic rings. The van der Waals surface area contributed by atoms with E-state index in [1.807, 2.05) is 12.4 Å². The summed E-state index contributed by atoms with van der Waals surface area (Å²) in [5, 5.41) is 0. The van der Waals surface area contributed by atoms with Crippen LogP contribution < -0.4 is 4.90 Å². The molecule has 1 saturated heterocycles. The van der Waals surface area contributed by atoms with Crippen LogP contribution in [0, 0.1) is 3.57 Å². The van der Waals surface area contributed by atoms with Crippen LogP contribution in [0.3, 0.4) is 0 Å². The minimum Gasteiger partial charge on any atom is -0.340 e. The Morgan fingerprint density at radius 3 is 2.73 bits per heavy atom. The Hall–Kier alpha value is -0.240. The second-order valence-electron chi connectivity index (χ2n) is 3.39. The van der Waals surface area contributed by atoms with Gasteiger partial charge >= 0.3 is 0 Å². The van der Waals surface area contributed by atoms with Crippen molar-refractivity contribution < 1.29 is 4.21 Å². The third-order valence-corrected chi connectivity index (χ3v) is 4.22. The zero-order valence-electron chi connectivity index (χ0n) is 8.23. The summed E-state index contributed by atoms with van der Waals surface area (Å²) in [6.07, 6.45) is 4.58. The van der Waals surface area contributed by atoms with E-state index in [2.05, 4.69) is 37.5 Å². The molecule has 4 nitrogen and oxygen atoms in total. The van der Waals surface area contributed by atoms with Gasteiger partial charge in [-0.25, -0.2) is 9.97 Å². The molecule has 0 spiro atoms. The van der Waals surface area contributed by atoms with Gasteiger partial charge in [-0.2, -0.15) is 0 Å². The Morgan fingerprint density at radius 2 is 2.00 bits per heavy atom. The first-order valence-electron chi connectivity index (χ1n) is 4.83. The van der Waals surface area contributed by atoms with Gasteiger partial charge in [0.1, 0.15) is 0 Å². The predicted octanol–water partition coefficient (Wildman–Crippen LogP) is 1.04. The van der Waals surface area contributed by atoms with Crippen molar-refractivity contribution in [3.8, 4) is 0 Å². The molecule has 0 saturated carbocycles. The van der Waals surface area contributed by atoms with Gasteiger partial charge in [0.2, 0.25) is 5.95 Å². The quantitative estimate of drug-likeness (QED) is 0.719. The highest BCUT2D eigenvalue weighted by atomic mass is 127. The first kappa shape index (κ1) is 11.3. The van der Waals surface area contributed by atoms with E-state index in [0.717, 1.165) is 40.5 Å². The summed E-state index contributed by atoms with van der Waals surface area (Å²) in [4.78, 5) is 10.7. The van der Waals surface area contributed by atoms with Gasteiger partial charge < -0.3 is 4.90 Å². The summed E-state index contributed by atoms with van der Waals surface area (Å²) in [6.45, 7) is 1.71. The maximum atomic E-state index is 11.4. The van der Waals surface area contributed by atoms with E-state index in [0.29, 0.717) is 0 Å². The molecule has 0 radical (unpaired) electrons. The number of rotatable bonds is 1. The average molecular weight is 337 g/mol. The zero-order valence-corrected chi connectivity index (χ0v) is 11.2. The monoisotopic (exact) mass is 337 g/mol. The van der Waals surface area contributed by atoms with E-state index in [9.17, 15) is 4.21 Å². The molecule has 15 heavy (non-hydrogen) atoms. The van der Waals surface area contributed by atoms with E-state index in [1.54, 1.807) is 0 Å². The van der Waals surface area contributed by atoms with Gasteiger partial charge in [-0.05, 0) is 29.0 Å². The molecular weight excluding hydrogens is 325 g/mol. The molecule has 1 aliphatic rings. The lowest BCUT2D eigenvalue weighted by atomic mass is 10.4. The highest BCUT2D eigenvalue weighted by molar-refractivity contribution is 14.1. The minimum atomic E-state index is -0.655. The van der Waals surface area contributed by atoms with Gasteiger partial charge in [-0.3, -0.25) is 4.21 Å². The molecule has 1 unspecified atom stereocenters. The Kier molecular flexibility index (Phi) is 3.90. The molecule has 0 aromatic carbocycles. The lowest BCUT2D eigenvalue weighted by molar-refractivity contribution is 0.683. The molecule has 82 valence electrons. The van der Waals surface area contributed by atoms with Crippen molar-refractivity contribution in [1.82, 2.24) is 9.97 Å². The van der Waals surface area contributed by atoms with Crippen LogP contribution in [0.2, 0.25) is 0 Å². The number of aromatic nitrogens is 2. The summed E-state index contributed by atoms with van der Waals surface area (Å²) in [5.41, 5.74) is 0. The maximum Gasteiger partial charge on any atom is 0.225 e. The van der Waals surface area contributed by atoms with Crippen LogP contribution in [-0.4, -0.2) is 38.8 Å². The van der Waals surface area contributed by atoms with Crippen molar-refractivity contribution in [2.75, 3.05) is 29.5 Å². The third-order valence-electron chi connectivity index (χ3n) is 2.28. The highest BCUT2D eigenvalue weighted by Gasteiger charge is 2.15. The van der Waals surface area contributed by atoms with Crippen LogP contribution >= 0.6 is 22.6 Å². The van der Waals surface area contributed by atoms with E-state index in [4.69, 9.17) is 0 Å². The van der Waals surface area contributed by atoms with Crippen LogP contribution in [0.5, 0.6) is 0 Å². The van der Waals surface area contributed by atoms with Crippen molar-refractivity contribution in [1.29, 1.82) is 0 Å². The largest absolute Gasteiger partial charge is 0.340 e. The third kappa shape index (κ3) is 3.10. The maximum absolute atomic E-state index is 11.4. The van der Waals surface area contributed by atoms with Gasteiger partial charge in [0.25, 0.3) is 0 Å². The number of hydrogen-bond acceptors (Lipinski definition) is 4. The molecule has 1 aliphatic heterocycles. The number of halogens is 1. The second-order valence-corrected chi connectivity index (χ2v) is 6.33. The van der Waals surface area contributed by atoms with Gasteiger partial charge in [-0.15, -0.1) is 0 Å². The Balaban J connectivity index is 2.09. The van der Waals surface area contributed by atoms with Crippen molar-refractivity contribution in [3.63, 3.8) is 0 Å². The Morgan fingerprint density at radius 1 is 1.27 bits per heavy atom. The molecule has 2 rings (SSSR count). The summed E-state index contributed by atoms with van der Waals surface area (Å²) in [6, 6.07) is 0. The fourth-order valence-electron chi connectivity index (χ4n) is 1.51. The minimum absolute atomic E-state index is 0.655. The van der Waals surface area contributed by atoms with Crippen molar-refractivity contribution in [2.45, 2.75) is 6.42 Å². The standard InChI is InChI=1S/C9H12IN3OS/c10-8-6-11-9(12-7-8)13-2-1-4-15(14)5-3-13/h6-7H,1-5H2. The number of hydrogen-bond donors (Lipinski definition) is 0. The van der Waals surface area contributed by atoms with Crippen molar-refractivity contribution in [2.24, 2.45) is 0 Å². The number of nitrogens with zero attached hydrogens (tertiary/aromatic N) is 3. The number of anilines is 1. The van der Waals surface area contributed by atoms with Crippen molar-refractivity contribution in [3.05, 3.63) is 16.0 Å². The molecule has 0 aliphatic carbocycles. The normalized spacial score (nSPS) is 22.5. The van der Waals surface area contributed by atoms with E-state index in [-0.39, 0.29) is 0 Å². The molecule has 1 atom stereocenters. The Labute approximate surface area is 105 Å². The fourth-order valence-corrected chi connectivity index (χ4v) is 2.87. The molecule has 6 heteroatoms. The lowest BCUT2D eigenvalue weighted by Gasteiger charge is -2.18. The van der Waals surface area contributed by atoms with Crippen LogP contribution in [0.25, 0.3) is 0 Å². The summed E-state index contributed by atoms with van der Waals surface area (Å²) in [5.74, 6) is 2.30. The highest BCUT2D eigenvalue weighted by Crippen LogP contribution is 2.11. The summed E-state index contributed by atoms with van der Waals surface area (Å²) < 4.78 is 12.4. The molecule has 0 bridgehead atoms. The van der Waals surface area contributed by atoms with Crippen LogP contribution in [0.4, 0.5) is 5.95 Å². The first-order chi connectivity index (χ1) is 7.25. The second kappa shape index (κ2) is 5.20. The molecule has 0 N–H and O–H groups in total. The summed E-state index contributed by atoms with van der Waals surface area (Å²) in [7, 11) is -0.655. The van der Waals surface area contributed by atoms with E-state index in [1.165, 1.54) is 0 Å². The van der Waals surface area contributed by atoms with Gasteiger partial charge in [0.15, 0.2) is 0 Å². The van der Waals surface area contributed by atoms with Crippen LogP contribution in [0.1, 0.15) is 6.42 Å². The molecule has 1 fully saturated rings. The van der Waals surface area contributed by atoms with Crippen molar-refractivity contribution >= 4 is 39.3 Å². The smallest absolute Gasteiger partial charge is 0.225 e. The topological polar surface area (TPSA) is 46.1 Å². The lowest BCUT2D eigenvalue weighted by Crippen LogP contribution is -2.27. The van der Waals surface area contributed by atoms with Crippen LogP contribution in [0.15, 0.2) is 12.4 Å². The predicted molar refractivity (Wildman–Crippen MR) is 69.5 cm³/mol. The molecular formula is C9H12IN3OS. The fraction of sp³-hybridized carbons (Fsp3) is 0.556. The summed E-state index contributed by atoms with van der Waals surface area (Å²) >= 11 is 2.19. The van der Waals surface area contributed by atoms with Crippen LogP contribution in [-0.2, 0) is 10.8 Å². The molecule has 2 heterocycles. The zero-order chi connectivity index (χ0) is 10.7. The van der Waals surface area contributed by atoms with E-state index >= 15 is 0 Å². The first-order valence-corrected chi connectivity index (χ1v) is 7.40. The SMILES string of the molecule is O=S1CCCN(c2ncc(I)cn2)CC1. The molecule has 0 amide bonds. The van der Waals surface area contributed by atoms with Gasteiger partial charge in [-0.1, -0.05) is 0 Å². The Bertz CT molecular complexity index is 357. The van der Waals surface area contributed by atoms with Gasteiger partial charge in [0.05, 0.1) is 0 Å². The average Bonchev–Trinajstić information content (AvgIpc) is 2.44. The molecule has 1 aromatic heterocycles. The van der Waals surface area contributed by atoms with E-state index < -0.39 is 10.8 Å².